The lowest BCUT2D eigenvalue weighted by Crippen LogP contribution is -2.45. The van der Waals surface area contributed by atoms with E-state index in [1.165, 1.54) is 141 Å². The molecule has 0 saturated carbocycles. The highest BCUT2D eigenvalue weighted by Gasteiger charge is 2.17. The summed E-state index contributed by atoms with van der Waals surface area (Å²) in [6.45, 7) is 4.24. The molecule has 0 bridgehead atoms. The van der Waals surface area contributed by atoms with Gasteiger partial charge >= 0.3 is 0 Å². The van der Waals surface area contributed by atoms with Crippen LogP contribution < -0.4 is 5.32 Å². The third-order valence-electron chi connectivity index (χ3n) is 8.85. The number of aliphatic hydroxyl groups is 2. The molecule has 0 aliphatic heterocycles. The van der Waals surface area contributed by atoms with Gasteiger partial charge in [-0.1, -0.05) is 185 Å². The molecule has 2 unspecified atom stereocenters. The summed E-state index contributed by atoms with van der Waals surface area (Å²) in [7, 11) is 0. The van der Waals surface area contributed by atoms with Crippen molar-refractivity contribution in [3.63, 3.8) is 0 Å². The van der Waals surface area contributed by atoms with Crippen LogP contribution in [0.5, 0.6) is 0 Å². The Kier molecular flexibility index (Phi) is 35.9. The number of carbonyl (C=O) groups is 1. The SMILES string of the molecule is CCCCCCCCCCCCCCCCCC/C=C/CC/C=C/CC/C=C/C(O)C(CO)NC(=O)CCCCCCCCC. The molecule has 45 heavy (non-hydrogen) atoms. The van der Waals surface area contributed by atoms with Crippen molar-refractivity contribution in [2.24, 2.45) is 0 Å². The Labute approximate surface area is 281 Å². The first-order valence-corrected chi connectivity index (χ1v) is 19.7. The van der Waals surface area contributed by atoms with Crippen molar-refractivity contribution in [3.05, 3.63) is 36.5 Å². The van der Waals surface area contributed by atoms with Crippen LogP contribution in [-0.4, -0.2) is 34.9 Å². The average molecular weight is 632 g/mol. The van der Waals surface area contributed by atoms with Crippen LogP contribution in [0.4, 0.5) is 0 Å². The number of hydrogen-bond acceptors (Lipinski definition) is 3. The molecule has 0 saturated heterocycles. The minimum absolute atomic E-state index is 0.0861. The molecule has 0 heterocycles. The molecule has 2 atom stereocenters. The van der Waals surface area contributed by atoms with Crippen molar-refractivity contribution < 1.29 is 15.0 Å². The maximum Gasteiger partial charge on any atom is 0.220 e. The highest BCUT2D eigenvalue weighted by Crippen LogP contribution is 2.14. The van der Waals surface area contributed by atoms with Gasteiger partial charge in [-0.2, -0.15) is 0 Å². The van der Waals surface area contributed by atoms with E-state index < -0.39 is 12.1 Å². The van der Waals surface area contributed by atoms with Gasteiger partial charge in [0.2, 0.25) is 5.91 Å². The molecule has 0 aliphatic carbocycles. The van der Waals surface area contributed by atoms with Gasteiger partial charge in [0.25, 0.3) is 0 Å². The number of amides is 1. The first-order chi connectivity index (χ1) is 22.2. The second-order valence-electron chi connectivity index (χ2n) is 13.3. The van der Waals surface area contributed by atoms with Crippen LogP contribution >= 0.6 is 0 Å². The first kappa shape index (κ1) is 43.6. The number of allylic oxidation sites excluding steroid dienone is 5. The molecule has 0 aromatic heterocycles. The Morgan fingerprint density at radius 1 is 0.511 bits per heavy atom. The molecule has 4 heteroatoms. The third-order valence-corrected chi connectivity index (χ3v) is 8.85. The standard InChI is InChI=1S/C41H77NO3/c1-3-5-7-9-11-12-13-14-15-16-17-18-19-20-21-22-23-24-25-26-27-28-29-31-32-34-36-40(44)39(38-43)42-41(45)37-35-33-30-10-8-6-4-2/h24-25,28-29,34,36,39-40,43-44H,3-23,26-27,30-33,35,37-38H2,1-2H3,(H,42,45)/b25-24+,29-28+,36-34+. The summed E-state index contributed by atoms with van der Waals surface area (Å²) >= 11 is 0. The van der Waals surface area contributed by atoms with Gasteiger partial charge in [-0.15, -0.1) is 0 Å². The largest absolute Gasteiger partial charge is 0.394 e. The van der Waals surface area contributed by atoms with Crippen LogP contribution in [0.15, 0.2) is 36.5 Å². The zero-order valence-corrected chi connectivity index (χ0v) is 30.1. The third kappa shape index (κ3) is 33.8. The average Bonchev–Trinajstić information content (AvgIpc) is 3.04. The minimum atomic E-state index is -0.864. The summed E-state index contributed by atoms with van der Waals surface area (Å²) in [5.74, 6) is -0.0861. The highest BCUT2D eigenvalue weighted by molar-refractivity contribution is 5.76. The first-order valence-electron chi connectivity index (χ1n) is 19.7. The van der Waals surface area contributed by atoms with E-state index in [2.05, 4.69) is 43.5 Å². The molecule has 0 radical (unpaired) electrons. The van der Waals surface area contributed by atoms with Crippen molar-refractivity contribution in [2.75, 3.05) is 6.61 Å². The van der Waals surface area contributed by atoms with Gasteiger partial charge in [0.1, 0.15) is 0 Å². The minimum Gasteiger partial charge on any atom is -0.394 e. The molecule has 1 amide bonds. The summed E-state index contributed by atoms with van der Waals surface area (Å²) in [4.78, 5) is 12.2. The fourth-order valence-electron chi connectivity index (χ4n) is 5.80. The molecular formula is C41H77NO3. The van der Waals surface area contributed by atoms with Crippen molar-refractivity contribution in [1.82, 2.24) is 5.32 Å². The summed E-state index contributed by atoms with van der Waals surface area (Å²) in [5.41, 5.74) is 0. The highest BCUT2D eigenvalue weighted by atomic mass is 16.3. The Morgan fingerprint density at radius 2 is 0.867 bits per heavy atom. The Bertz CT molecular complexity index is 686. The van der Waals surface area contributed by atoms with E-state index in [1.54, 1.807) is 6.08 Å². The van der Waals surface area contributed by atoms with Crippen LogP contribution in [0.2, 0.25) is 0 Å². The Hall–Kier alpha value is -1.39. The molecule has 264 valence electrons. The van der Waals surface area contributed by atoms with Gasteiger partial charge in [-0.3, -0.25) is 4.79 Å². The number of nitrogens with one attached hydrogen (secondary N) is 1. The number of unbranched alkanes of at least 4 members (excludes halogenated alkanes) is 24. The Balaban J connectivity index is 3.57. The second-order valence-corrected chi connectivity index (χ2v) is 13.3. The van der Waals surface area contributed by atoms with Crippen LogP contribution in [0.25, 0.3) is 0 Å². The maximum absolute atomic E-state index is 12.2. The second kappa shape index (κ2) is 37.1. The van der Waals surface area contributed by atoms with Crippen molar-refractivity contribution >= 4 is 5.91 Å². The van der Waals surface area contributed by atoms with Gasteiger partial charge in [0, 0.05) is 6.42 Å². The zero-order chi connectivity index (χ0) is 32.9. The smallest absolute Gasteiger partial charge is 0.220 e. The van der Waals surface area contributed by atoms with Gasteiger partial charge in [-0.25, -0.2) is 0 Å². The van der Waals surface area contributed by atoms with Crippen LogP contribution in [0, 0.1) is 0 Å². The molecule has 0 rings (SSSR count). The normalized spacial score (nSPS) is 13.4. The quantitative estimate of drug-likeness (QED) is 0.0481. The zero-order valence-electron chi connectivity index (χ0n) is 30.1. The molecular weight excluding hydrogens is 554 g/mol. The number of rotatable bonds is 35. The number of aliphatic hydroxyl groups excluding tert-OH is 2. The van der Waals surface area contributed by atoms with E-state index in [1.807, 2.05) is 6.08 Å². The van der Waals surface area contributed by atoms with Gasteiger partial charge < -0.3 is 15.5 Å². The van der Waals surface area contributed by atoms with Gasteiger partial charge in [0.05, 0.1) is 18.8 Å². The topological polar surface area (TPSA) is 69.6 Å². The van der Waals surface area contributed by atoms with Crippen molar-refractivity contribution in [3.8, 4) is 0 Å². The van der Waals surface area contributed by atoms with E-state index in [0.717, 1.165) is 38.5 Å². The molecule has 3 N–H and O–H groups in total. The van der Waals surface area contributed by atoms with Crippen LogP contribution in [-0.2, 0) is 4.79 Å². The summed E-state index contributed by atoms with van der Waals surface area (Å²) < 4.78 is 0. The van der Waals surface area contributed by atoms with Crippen LogP contribution in [0.3, 0.4) is 0 Å². The fraction of sp³-hybridized carbons (Fsp3) is 0.829. The van der Waals surface area contributed by atoms with Crippen molar-refractivity contribution in [2.45, 2.75) is 212 Å². The summed E-state index contributed by atoms with van der Waals surface area (Å²) in [6.07, 6.45) is 48.4. The molecule has 0 aromatic rings. The lowest BCUT2D eigenvalue weighted by molar-refractivity contribution is -0.123. The molecule has 0 fully saturated rings. The molecule has 0 aromatic carbocycles. The van der Waals surface area contributed by atoms with E-state index >= 15 is 0 Å². The van der Waals surface area contributed by atoms with E-state index in [0.29, 0.717) is 6.42 Å². The van der Waals surface area contributed by atoms with Gasteiger partial charge in [0.15, 0.2) is 0 Å². The maximum atomic E-state index is 12.2. The summed E-state index contributed by atoms with van der Waals surface area (Å²) in [5, 5.41) is 22.7. The fourth-order valence-corrected chi connectivity index (χ4v) is 5.80. The van der Waals surface area contributed by atoms with Gasteiger partial charge in [-0.05, 0) is 44.9 Å². The van der Waals surface area contributed by atoms with Crippen molar-refractivity contribution in [1.29, 1.82) is 0 Å². The lowest BCUT2D eigenvalue weighted by atomic mass is 10.0. The predicted molar refractivity (Wildman–Crippen MR) is 198 cm³/mol. The molecule has 4 nitrogen and oxygen atoms in total. The predicted octanol–water partition coefficient (Wildman–Crippen LogP) is 11.8. The molecule has 0 aliphatic rings. The van der Waals surface area contributed by atoms with Crippen LogP contribution in [0.1, 0.15) is 200 Å². The number of hydrogen-bond donors (Lipinski definition) is 3. The Morgan fingerprint density at radius 3 is 1.29 bits per heavy atom. The van der Waals surface area contributed by atoms with E-state index in [9.17, 15) is 15.0 Å². The number of carbonyl (C=O) groups excluding carboxylic acids is 1. The lowest BCUT2D eigenvalue weighted by Gasteiger charge is -2.19. The summed E-state index contributed by atoms with van der Waals surface area (Å²) in [6, 6.07) is -0.639. The van der Waals surface area contributed by atoms with E-state index in [-0.39, 0.29) is 12.5 Å². The molecule has 0 spiro atoms. The monoisotopic (exact) mass is 632 g/mol. The van der Waals surface area contributed by atoms with E-state index in [4.69, 9.17) is 0 Å².